The van der Waals surface area contributed by atoms with Crippen LogP contribution in [0.5, 0.6) is 0 Å². The summed E-state index contributed by atoms with van der Waals surface area (Å²) in [6, 6.07) is 8.68. The molecule has 0 spiro atoms. The summed E-state index contributed by atoms with van der Waals surface area (Å²) >= 11 is 0. The maximum absolute atomic E-state index is 3.63. The third-order valence-electron chi connectivity index (χ3n) is 3.92. The molecule has 0 radical (unpaired) electrons. The largest absolute Gasteiger partial charge is 0.358 e. The van der Waals surface area contributed by atoms with Gasteiger partial charge in [0, 0.05) is 22.5 Å². The smallest absolute Gasteiger partial charge is 0.0459 e. The van der Waals surface area contributed by atoms with Crippen LogP contribution in [-0.4, -0.2) is 4.98 Å². The van der Waals surface area contributed by atoms with Crippen molar-refractivity contribution in [1.82, 2.24) is 4.98 Å². The summed E-state index contributed by atoms with van der Waals surface area (Å²) in [7, 11) is 0. The molecule has 0 saturated heterocycles. The number of hydrogen-bond donors (Lipinski definition) is 1. The third-order valence-corrected chi connectivity index (χ3v) is 3.92. The van der Waals surface area contributed by atoms with Gasteiger partial charge >= 0.3 is 0 Å². The Labute approximate surface area is 96.9 Å². The molecule has 16 heavy (non-hydrogen) atoms. The van der Waals surface area contributed by atoms with Crippen LogP contribution < -0.4 is 0 Å². The van der Waals surface area contributed by atoms with Crippen LogP contribution in [0.4, 0.5) is 0 Å². The summed E-state index contributed by atoms with van der Waals surface area (Å²) < 4.78 is 0. The van der Waals surface area contributed by atoms with Crippen molar-refractivity contribution in [1.29, 1.82) is 0 Å². The van der Waals surface area contributed by atoms with Crippen LogP contribution in [0.2, 0.25) is 0 Å². The zero-order valence-corrected chi connectivity index (χ0v) is 10.3. The summed E-state index contributed by atoms with van der Waals surface area (Å²) in [6.45, 7) is 7.04. The van der Waals surface area contributed by atoms with E-state index in [4.69, 9.17) is 0 Å². The highest BCUT2D eigenvalue weighted by Gasteiger charge is 2.34. The van der Waals surface area contributed by atoms with Crippen LogP contribution in [0.15, 0.2) is 24.3 Å². The van der Waals surface area contributed by atoms with Crippen LogP contribution in [0.3, 0.4) is 0 Å². The van der Waals surface area contributed by atoms with Gasteiger partial charge in [-0.05, 0) is 29.9 Å². The van der Waals surface area contributed by atoms with Crippen molar-refractivity contribution in [2.24, 2.45) is 5.41 Å². The molecule has 0 amide bonds. The molecule has 1 heteroatoms. The molecule has 1 aromatic heterocycles. The predicted octanol–water partition coefficient (Wildman–Crippen LogP) is 4.24. The predicted molar refractivity (Wildman–Crippen MR) is 68.8 cm³/mol. The van der Waals surface area contributed by atoms with Gasteiger partial charge in [-0.3, -0.25) is 0 Å². The number of aromatic amines is 1. The first-order valence-electron chi connectivity index (χ1n) is 6.17. The fourth-order valence-electron chi connectivity index (χ4n) is 3.09. The van der Waals surface area contributed by atoms with Crippen LogP contribution in [0, 0.1) is 5.41 Å². The maximum Gasteiger partial charge on any atom is 0.0459 e. The van der Waals surface area contributed by atoms with Gasteiger partial charge in [-0.1, -0.05) is 39.0 Å². The molecular formula is C15H19N. The molecule has 0 fully saturated rings. The lowest BCUT2D eigenvalue weighted by Gasteiger charge is -2.26. The lowest BCUT2D eigenvalue weighted by Crippen LogP contribution is -2.16. The van der Waals surface area contributed by atoms with Gasteiger partial charge in [0.05, 0.1) is 0 Å². The molecule has 1 unspecified atom stereocenters. The van der Waals surface area contributed by atoms with Gasteiger partial charge in [0.15, 0.2) is 0 Å². The molecule has 1 N–H and O–H groups in total. The number of rotatable bonds is 0. The van der Waals surface area contributed by atoms with E-state index in [2.05, 4.69) is 50.0 Å². The quantitative estimate of drug-likeness (QED) is 0.673. The fourth-order valence-corrected chi connectivity index (χ4v) is 3.09. The summed E-state index contributed by atoms with van der Waals surface area (Å²) in [4.78, 5) is 3.63. The maximum atomic E-state index is 3.63. The molecule has 84 valence electrons. The van der Waals surface area contributed by atoms with Gasteiger partial charge in [0.1, 0.15) is 0 Å². The number of fused-ring (bicyclic) bond motifs is 3. The molecule has 0 bridgehead atoms. The lowest BCUT2D eigenvalue weighted by atomic mass is 9.79. The molecule has 3 rings (SSSR count). The normalized spacial score (nSPS) is 20.3. The van der Waals surface area contributed by atoms with Gasteiger partial charge in [-0.15, -0.1) is 0 Å². The molecular weight excluding hydrogens is 194 g/mol. The van der Waals surface area contributed by atoms with Crippen LogP contribution in [0.1, 0.15) is 44.4 Å². The Kier molecular flexibility index (Phi) is 1.95. The van der Waals surface area contributed by atoms with E-state index in [1.807, 2.05) is 0 Å². The van der Waals surface area contributed by atoms with Crippen LogP contribution in [0.25, 0.3) is 10.9 Å². The second kappa shape index (κ2) is 3.13. The molecule has 2 aromatic rings. The van der Waals surface area contributed by atoms with Crippen molar-refractivity contribution < 1.29 is 0 Å². The van der Waals surface area contributed by atoms with Crippen LogP contribution in [-0.2, 0) is 6.42 Å². The molecule has 1 aliphatic carbocycles. The van der Waals surface area contributed by atoms with Crippen molar-refractivity contribution >= 4 is 10.9 Å². The van der Waals surface area contributed by atoms with Crippen molar-refractivity contribution in [2.45, 2.75) is 39.5 Å². The van der Waals surface area contributed by atoms with Gasteiger partial charge in [-0.2, -0.15) is 0 Å². The molecule has 1 heterocycles. The van der Waals surface area contributed by atoms with E-state index in [-0.39, 0.29) is 0 Å². The van der Waals surface area contributed by atoms with E-state index < -0.39 is 0 Å². The summed E-state index contributed by atoms with van der Waals surface area (Å²) in [6.07, 6.45) is 2.54. The fraction of sp³-hybridized carbons (Fsp3) is 0.467. The third kappa shape index (κ3) is 1.31. The summed E-state index contributed by atoms with van der Waals surface area (Å²) in [5.74, 6) is 0.690. The number of benzene rings is 1. The Morgan fingerprint density at radius 2 is 1.94 bits per heavy atom. The first kappa shape index (κ1) is 9.95. The van der Waals surface area contributed by atoms with E-state index in [0.717, 1.165) is 0 Å². The minimum Gasteiger partial charge on any atom is -0.358 e. The summed E-state index contributed by atoms with van der Waals surface area (Å²) in [5.41, 5.74) is 4.73. The number of H-pyrrole nitrogens is 1. The zero-order chi connectivity index (χ0) is 11.3. The lowest BCUT2D eigenvalue weighted by molar-refractivity contribution is 0.315. The van der Waals surface area contributed by atoms with Crippen molar-refractivity contribution in [3.05, 3.63) is 35.5 Å². The number of aromatic nitrogens is 1. The number of aryl methyl sites for hydroxylation is 1. The number of para-hydroxylation sites is 1. The summed E-state index contributed by atoms with van der Waals surface area (Å²) in [5, 5.41) is 1.43. The highest BCUT2D eigenvalue weighted by molar-refractivity contribution is 5.85. The Hall–Kier alpha value is -1.24. The molecule has 1 aromatic carbocycles. The standard InChI is InChI=1S/C15H19N/c1-15(2,3)12-9-8-11-10-6-4-5-7-13(10)16-14(11)12/h4-7,12,16H,8-9H2,1-3H3. The SMILES string of the molecule is CC(C)(C)C1CCc2c1[nH]c1ccccc21. The topological polar surface area (TPSA) is 15.8 Å². The van der Waals surface area contributed by atoms with E-state index in [9.17, 15) is 0 Å². The first-order valence-corrected chi connectivity index (χ1v) is 6.17. The highest BCUT2D eigenvalue weighted by Crippen LogP contribution is 2.46. The van der Waals surface area contributed by atoms with E-state index in [0.29, 0.717) is 11.3 Å². The number of nitrogens with one attached hydrogen (secondary N) is 1. The second-order valence-electron chi connectivity index (χ2n) is 6.02. The highest BCUT2D eigenvalue weighted by atomic mass is 14.8. The molecule has 0 aliphatic heterocycles. The molecule has 0 saturated carbocycles. The molecule has 1 aliphatic rings. The zero-order valence-electron chi connectivity index (χ0n) is 10.3. The number of hydrogen-bond acceptors (Lipinski definition) is 0. The second-order valence-corrected chi connectivity index (χ2v) is 6.02. The Morgan fingerprint density at radius 3 is 2.69 bits per heavy atom. The minimum atomic E-state index is 0.367. The Bertz CT molecular complexity index is 528. The average molecular weight is 213 g/mol. The van der Waals surface area contributed by atoms with Gasteiger partial charge < -0.3 is 4.98 Å². The van der Waals surface area contributed by atoms with Gasteiger partial charge in [0.25, 0.3) is 0 Å². The Balaban J connectivity index is 2.20. The van der Waals surface area contributed by atoms with Crippen LogP contribution >= 0.6 is 0 Å². The molecule has 1 nitrogen and oxygen atoms in total. The van der Waals surface area contributed by atoms with Gasteiger partial charge in [0.2, 0.25) is 0 Å². The first-order chi connectivity index (χ1) is 7.57. The van der Waals surface area contributed by atoms with Crippen molar-refractivity contribution in [2.75, 3.05) is 0 Å². The van der Waals surface area contributed by atoms with E-state index in [1.165, 1.54) is 29.4 Å². The monoisotopic (exact) mass is 213 g/mol. The van der Waals surface area contributed by atoms with Crippen molar-refractivity contribution in [3.63, 3.8) is 0 Å². The van der Waals surface area contributed by atoms with E-state index >= 15 is 0 Å². The minimum absolute atomic E-state index is 0.367. The van der Waals surface area contributed by atoms with Crippen molar-refractivity contribution in [3.8, 4) is 0 Å². The molecule has 1 atom stereocenters. The van der Waals surface area contributed by atoms with Gasteiger partial charge in [-0.25, -0.2) is 0 Å². The average Bonchev–Trinajstić information content (AvgIpc) is 2.73. The van der Waals surface area contributed by atoms with E-state index in [1.54, 1.807) is 5.56 Å². The Morgan fingerprint density at radius 1 is 1.19 bits per heavy atom.